The van der Waals surface area contributed by atoms with Gasteiger partial charge in [-0.1, -0.05) is 24.3 Å². The summed E-state index contributed by atoms with van der Waals surface area (Å²) in [6.07, 6.45) is 3.54. The van der Waals surface area contributed by atoms with Gasteiger partial charge in [-0.05, 0) is 55.7 Å². The highest BCUT2D eigenvalue weighted by atomic mass is 16.2. The summed E-state index contributed by atoms with van der Waals surface area (Å²) in [5.41, 5.74) is 4.83. The predicted molar refractivity (Wildman–Crippen MR) is 112 cm³/mol. The fourth-order valence-corrected chi connectivity index (χ4v) is 3.14. The number of hydrogen-bond acceptors (Lipinski definition) is 4. The van der Waals surface area contributed by atoms with Crippen LogP contribution in [-0.2, 0) is 4.79 Å². The van der Waals surface area contributed by atoms with Crippen LogP contribution >= 0.6 is 0 Å². The fraction of sp³-hybridized carbons (Fsp3) is 0.304. The Balaban J connectivity index is 1.58. The number of hydrogen-bond donors (Lipinski definition) is 0. The molecule has 1 heterocycles. The van der Waals surface area contributed by atoms with Gasteiger partial charge in [-0.2, -0.15) is 5.10 Å². The molecule has 0 N–H and O–H groups in total. The van der Waals surface area contributed by atoms with E-state index < -0.39 is 0 Å². The monoisotopic (exact) mass is 390 g/mol. The second-order valence-corrected chi connectivity index (χ2v) is 7.33. The van der Waals surface area contributed by atoms with Gasteiger partial charge in [0.2, 0.25) is 5.91 Å². The van der Waals surface area contributed by atoms with Crippen LogP contribution in [0.4, 0.5) is 0 Å². The van der Waals surface area contributed by atoms with Gasteiger partial charge >= 0.3 is 0 Å². The van der Waals surface area contributed by atoms with Crippen molar-refractivity contribution in [3.63, 3.8) is 0 Å². The Hall–Kier alpha value is -3.28. The Kier molecular flexibility index (Phi) is 6.22. The molecule has 0 fully saturated rings. The Bertz CT molecular complexity index is 994. The van der Waals surface area contributed by atoms with Crippen molar-refractivity contribution in [2.45, 2.75) is 39.7 Å². The smallest absolute Gasteiger partial charge is 0.223 e. The fourth-order valence-electron chi connectivity index (χ4n) is 3.14. The summed E-state index contributed by atoms with van der Waals surface area (Å²) in [6.45, 7) is 5.98. The third-order valence-electron chi connectivity index (χ3n) is 5.43. The minimum absolute atomic E-state index is 0.000289. The predicted octanol–water partition coefficient (Wildman–Crippen LogP) is 4.07. The molecule has 0 spiro atoms. The zero-order chi connectivity index (χ0) is 21.0. The maximum Gasteiger partial charge on any atom is 0.223 e. The molecular formula is C23H26N4O2. The van der Waals surface area contributed by atoms with Gasteiger partial charge in [0.15, 0.2) is 5.78 Å². The first-order valence-electron chi connectivity index (χ1n) is 9.68. The van der Waals surface area contributed by atoms with Crippen molar-refractivity contribution >= 4 is 11.7 Å². The summed E-state index contributed by atoms with van der Waals surface area (Å²) in [6, 6.07) is 13.4. The van der Waals surface area contributed by atoms with Crippen molar-refractivity contribution in [3.05, 3.63) is 77.4 Å². The number of amides is 1. The summed E-state index contributed by atoms with van der Waals surface area (Å²) in [7, 11) is 1.78. The molecule has 2 aromatic carbocycles. The molecular weight excluding hydrogens is 364 g/mol. The van der Waals surface area contributed by atoms with E-state index in [2.05, 4.69) is 10.1 Å². The van der Waals surface area contributed by atoms with Crippen LogP contribution in [0, 0.1) is 13.8 Å². The van der Waals surface area contributed by atoms with Crippen LogP contribution in [0.15, 0.2) is 55.1 Å². The van der Waals surface area contributed by atoms with Gasteiger partial charge < -0.3 is 4.90 Å². The first kappa shape index (κ1) is 20.5. The molecule has 1 amide bonds. The lowest BCUT2D eigenvalue weighted by Gasteiger charge is -2.25. The molecule has 0 aliphatic heterocycles. The number of ketones is 1. The van der Waals surface area contributed by atoms with Gasteiger partial charge in [-0.3, -0.25) is 9.59 Å². The minimum atomic E-state index is -0.0935. The molecule has 3 aromatic rings. The molecule has 0 radical (unpaired) electrons. The van der Waals surface area contributed by atoms with Crippen molar-refractivity contribution in [1.29, 1.82) is 0 Å². The molecule has 0 aliphatic rings. The number of aryl methyl sites for hydroxylation is 2. The minimum Gasteiger partial charge on any atom is -0.339 e. The van der Waals surface area contributed by atoms with Crippen LogP contribution in [0.3, 0.4) is 0 Å². The van der Waals surface area contributed by atoms with Crippen molar-refractivity contribution in [2.24, 2.45) is 0 Å². The van der Waals surface area contributed by atoms with Crippen LogP contribution in [0.25, 0.3) is 5.69 Å². The number of aromatic nitrogens is 3. The van der Waals surface area contributed by atoms with E-state index in [-0.39, 0.29) is 30.6 Å². The summed E-state index contributed by atoms with van der Waals surface area (Å²) in [4.78, 5) is 30.7. The molecule has 1 atom stereocenters. The number of carbonyl (C=O) groups excluding carboxylic acids is 2. The number of nitrogens with zero attached hydrogens (tertiary/aromatic N) is 4. The summed E-state index contributed by atoms with van der Waals surface area (Å²) in [5, 5.41) is 4.11. The van der Waals surface area contributed by atoms with Crippen LogP contribution < -0.4 is 0 Å². The topological polar surface area (TPSA) is 68.1 Å². The molecule has 0 unspecified atom stereocenters. The zero-order valence-electron chi connectivity index (χ0n) is 17.3. The Morgan fingerprint density at radius 1 is 1.03 bits per heavy atom. The number of carbonyl (C=O) groups is 2. The van der Waals surface area contributed by atoms with E-state index in [4.69, 9.17) is 0 Å². The Morgan fingerprint density at radius 3 is 2.38 bits per heavy atom. The van der Waals surface area contributed by atoms with E-state index >= 15 is 0 Å². The lowest BCUT2D eigenvalue weighted by atomic mass is 10.0. The van der Waals surface area contributed by atoms with Gasteiger partial charge in [-0.25, -0.2) is 9.67 Å². The highest BCUT2D eigenvalue weighted by molar-refractivity contribution is 5.98. The van der Waals surface area contributed by atoms with E-state index in [1.807, 2.05) is 63.2 Å². The standard InChI is InChI=1S/C23H26N4O2/c1-16-5-6-20(13-17(16)2)22(28)11-12-23(29)26(4)18(3)19-7-9-21(10-8-19)27-15-24-14-25-27/h5-10,13-15,18H,11-12H2,1-4H3/t18-/m0/s1. The van der Waals surface area contributed by atoms with Gasteiger partial charge in [0.1, 0.15) is 12.7 Å². The third kappa shape index (κ3) is 4.77. The quantitative estimate of drug-likeness (QED) is 0.571. The maximum absolute atomic E-state index is 12.6. The second-order valence-electron chi connectivity index (χ2n) is 7.33. The SMILES string of the molecule is Cc1ccc(C(=O)CCC(=O)N(C)[C@@H](C)c2ccc(-n3cncn3)cc2)cc1C. The van der Waals surface area contributed by atoms with Crippen molar-refractivity contribution in [2.75, 3.05) is 7.05 Å². The van der Waals surface area contributed by atoms with E-state index in [1.165, 1.54) is 6.33 Å². The Morgan fingerprint density at radius 2 is 1.76 bits per heavy atom. The lowest BCUT2D eigenvalue weighted by Crippen LogP contribution is -2.29. The van der Waals surface area contributed by atoms with Crippen LogP contribution in [0.5, 0.6) is 0 Å². The van der Waals surface area contributed by atoms with E-state index in [0.29, 0.717) is 5.56 Å². The summed E-state index contributed by atoms with van der Waals surface area (Å²) in [5.74, 6) is -0.0466. The molecule has 0 saturated heterocycles. The van der Waals surface area contributed by atoms with Crippen molar-refractivity contribution in [3.8, 4) is 5.69 Å². The van der Waals surface area contributed by atoms with E-state index in [1.54, 1.807) is 23.0 Å². The largest absolute Gasteiger partial charge is 0.339 e. The third-order valence-corrected chi connectivity index (χ3v) is 5.43. The molecule has 6 heteroatoms. The number of rotatable bonds is 7. The van der Waals surface area contributed by atoms with E-state index in [0.717, 1.165) is 22.4 Å². The number of benzene rings is 2. The van der Waals surface area contributed by atoms with Gasteiger partial charge in [0.25, 0.3) is 0 Å². The maximum atomic E-state index is 12.6. The average molecular weight is 390 g/mol. The molecule has 0 saturated carbocycles. The summed E-state index contributed by atoms with van der Waals surface area (Å²) < 4.78 is 1.68. The molecule has 1 aromatic heterocycles. The highest BCUT2D eigenvalue weighted by Gasteiger charge is 2.19. The molecule has 0 bridgehead atoms. The first-order chi connectivity index (χ1) is 13.9. The molecule has 0 aliphatic carbocycles. The Labute approximate surface area is 171 Å². The van der Waals surface area contributed by atoms with Crippen LogP contribution in [0.2, 0.25) is 0 Å². The van der Waals surface area contributed by atoms with Crippen LogP contribution in [0.1, 0.15) is 52.9 Å². The second kappa shape index (κ2) is 8.82. The summed E-state index contributed by atoms with van der Waals surface area (Å²) >= 11 is 0. The zero-order valence-corrected chi connectivity index (χ0v) is 17.3. The highest BCUT2D eigenvalue weighted by Crippen LogP contribution is 2.21. The first-order valence-corrected chi connectivity index (χ1v) is 9.68. The molecule has 6 nitrogen and oxygen atoms in total. The van der Waals surface area contributed by atoms with E-state index in [9.17, 15) is 9.59 Å². The molecule has 29 heavy (non-hydrogen) atoms. The molecule has 3 rings (SSSR count). The van der Waals surface area contributed by atoms with Gasteiger partial charge in [0.05, 0.1) is 11.7 Å². The van der Waals surface area contributed by atoms with Crippen LogP contribution in [-0.4, -0.2) is 38.4 Å². The normalized spacial score (nSPS) is 11.9. The van der Waals surface area contributed by atoms with Crippen molar-refractivity contribution < 1.29 is 9.59 Å². The average Bonchev–Trinajstić information content (AvgIpc) is 3.27. The van der Waals surface area contributed by atoms with Gasteiger partial charge in [0, 0.05) is 25.5 Å². The number of Topliss-reactive ketones (excluding diaryl/α,β-unsaturated/α-hetero) is 1. The lowest BCUT2D eigenvalue weighted by molar-refractivity contribution is -0.131. The molecule has 150 valence electrons. The van der Waals surface area contributed by atoms with Gasteiger partial charge in [-0.15, -0.1) is 0 Å². The van der Waals surface area contributed by atoms with Crippen molar-refractivity contribution in [1.82, 2.24) is 19.7 Å².